The molecule has 2 nitrogen and oxygen atoms in total. The van der Waals surface area contributed by atoms with Crippen molar-refractivity contribution in [3.63, 3.8) is 0 Å². The van der Waals surface area contributed by atoms with E-state index in [1.807, 2.05) is 0 Å². The molecular weight excluding hydrogens is 152 g/mol. The molecule has 0 aromatic heterocycles. The van der Waals surface area contributed by atoms with E-state index in [0.717, 1.165) is 6.42 Å². The molecular formula is C10H22O2. The monoisotopic (exact) mass is 174 g/mol. The maximum Gasteiger partial charge on any atom is 0.0644 e. The fraction of sp³-hybridized carbons (Fsp3) is 1.00. The van der Waals surface area contributed by atoms with Gasteiger partial charge in [0.2, 0.25) is 0 Å². The molecule has 0 aliphatic rings. The van der Waals surface area contributed by atoms with Crippen LogP contribution in [0.2, 0.25) is 0 Å². The molecule has 0 fully saturated rings. The highest BCUT2D eigenvalue weighted by molar-refractivity contribution is 4.76. The van der Waals surface area contributed by atoms with Crippen molar-refractivity contribution in [1.82, 2.24) is 0 Å². The molecule has 0 aromatic carbocycles. The second-order valence-corrected chi connectivity index (χ2v) is 4.37. The first-order valence-corrected chi connectivity index (χ1v) is 4.47. The molecule has 0 heterocycles. The molecule has 12 heavy (non-hydrogen) atoms. The van der Waals surface area contributed by atoms with Crippen LogP contribution in [0.3, 0.4) is 0 Å². The van der Waals surface area contributed by atoms with Gasteiger partial charge in [0, 0.05) is 14.2 Å². The summed E-state index contributed by atoms with van der Waals surface area (Å²) in [5.74, 6) is 0. The largest absolute Gasteiger partial charge is 0.382 e. The SMILES string of the molecule is COC(C)CC(OC)C(C)(C)C. The second-order valence-electron chi connectivity index (χ2n) is 4.37. The molecule has 0 saturated heterocycles. The van der Waals surface area contributed by atoms with Gasteiger partial charge in [-0.05, 0) is 18.8 Å². The van der Waals surface area contributed by atoms with Crippen molar-refractivity contribution in [2.75, 3.05) is 14.2 Å². The normalized spacial score (nSPS) is 17.5. The van der Waals surface area contributed by atoms with Crippen LogP contribution in [0, 0.1) is 5.41 Å². The van der Waals surface area contributed by atoms with Crippen molar-refractivity contribution in [3.05, 3.63) is 0 Å². The summed E-state index contributed by atoms with van der Waals surface area (Å²) in [7, 11) is 3.50. The first-order chi connectivity index (χ1) is 5.41. The second kappa shape index (κ2) is 4.83. The van der Waals surface area contributed by atoms with Crippen LogP contribution in [0.1, 0.15) is 34.1 Å². The Labute approximate surface area is 76.3 Å². The minimum Gasteiger partial charge on any atom is -0.382 e. The maximum absolute atomic E-state index is 5.41. The molecule has 74 valence electrons. The Kier molecular flexibility index (Phi) is 4.80. The van der Waals surface area contributed by atoms with Gasteiger partial charge in [-0.25, -0.2) is 0 Å². The minimum absolute atomic E-state index is 0.196. The number of hydrogen-bond acceptors (Lipinski definition) is 2. The minimum atomic E-state index is 0.196. The first kappa shape index (κ1) is 11.9. The van der Waals surface area contributed by atoms with E-state index in [1.165, 1.54) is 0 Å². The zero-order valence-electron chi connectivity index (χ0n) is 9.18. The van der Waals surface area contributed by atoms with E-state index >= 15 is 0 Å². The summed E-state index contributed by atoms with van der Waals surface area (Å²) in [5.41, 5.74) is 0.196. The highest BCUT2D eigenvalue weighted by Gasteiger charge is 2.25. The molecule has 0 amide bonds. The summed E-state index contributed by atoms with van der Waals surface area (Å²) in [6, 6.07) is 0. The zero-order chi connectivity index (χ0) is 9.78. The van der Waals surface area contributed by atoms with Gasteiger partial charge in [-0.15, -0.1) is 0 Å². The third kappa shape index (κ3) is 4.07. The molecule has 0 aromatic rings. The average molecular weight is 174 g/mol. The van der Waals surface area contributed by atoms with Crippen LogP contribution in [-0.2, 0) is 9.47 Å². The first-order valence-electron chi connectivity index (χ1n) is 4.47. The number of rotatable bonds is 4. The number of hydrogen-bond donors (Lipinski definition) is 0. The standard InChI is InChI=1S/C10H22O2/c1-8(11-5)7-9(12-6)10(2,3)4/h8-9H,7H2,1-6H3. The van der Waals surface area contributed by atoms with Gasteiger partial charge in [-0.1, -0.05) is 20.8 Å². The van der Waals surface area contributed by atoms with Gasteiger partial charge in [-0.2, -0.15) is 0 Å². The van der Waals surface area contributed by atoms with Gasteiger partial charge >= 0.3 is 0 Å². The molecule has 0 radical (unpaired) electrons. The van der Waals surface area contributed by atoms with Crippen LogP contribution < -0.4 is 0 Å². The molecule has 2 atom stereocenters. The summed E-state index contributed by atoms with van der Waals surface area (Å²) in [6.07, 6.45) is 1.50. The van der Waals surface area contributed by atoms with E-state index in [9.17, 15) is 0 Å². The van der Waals surface area contributed by atoms with Gasteiger partial charge in [0.1, 0.15) is 0 Å². The van der Waals surface area contributed by atoms with Crippen molar-refractivity contribution >= 4 is 0 Å². The highest BCUT2D eigenvalue weighted by atomic mass is 16.5. The quantitative estimate of drug-likeness (QED) is 0.652. The summed E-state index contributed by atoms with van der Waals surface area (Å²) >= 11 is 0. The van der Waals surface area contributed by atoms with Crippen molar-refractivity contribution in [3.8, 4) is 0 Å². The molecule has 2 unspecified atom stereocenters. The smallest absolute Gasteiger partial charge is 0.0644 e. The summed E-state index contributed by atoms with van der Waals surface area (Å²) in [6.45, 7) is 8.62. The Morgan fingerprint density at radius 3 is 1.83 bits per heavy atom. The lowest BCUT2D eigenvalue weighted by Gasteiger charge is -2.31. The maximum atomic E-state index is 5.41. The van der Waals surface area contributed by atoms with E-state index in [2.05, 4.69) is 27.7 Å². The molecule has 0 saturated carbocycles. The van der Waals surface area contributed by atoms with Crippen molar-refractivity contribution in [2.24, 2.45) is 5.41 Å². The van der Waals surface area contributed by atoms with E-state index in [-0.39, 0.29) is 17.6 Å². The Hall–Kier alpha value is -0.0800. The van der Waals surface area contributed by atoms with Gasteiger partial charge in [-0.3, -0.25) is 0 Å². The zero-order valence-corrected chi connectivity index (χ0v) is 9.18. The van der Waals surface area contributed by atoms with E-state index in [0.29, 0.717) is 0 Å². The highest BCUT2D eigenvalue weighted by Crippen LogP contribution is 2.25. The lowest BCUT2D eigenvalue weighted by molar-refractivity contribution is -0.0253. The third-order valence-corrected chi connectivity index (χ3v) is 2.20. The van der Waals surface area contributed by atoms with E-state index < -0.39 is 0 Å². The van der Waals surface area contributed by atoms with Crippen LogP contribution in [0.5, 0.6) is 0 Å². The van der Waals surface area contributed by atoms with E-state index in [4.69, 9.17) is 9.47 Å². The molecule has 0 aliphatic carbocycles. The number of methoxy groups -OCH3 is 2. The predicted octanol–water partition coefficient (Wildman–Crippen LogP) is 2.47. The summed E-state index contributed by atoms with van der Waals surface area (Å²) in [4.78, 5) is 0. The summed E-state index contributed by atoms with van der Waals surface area (Å²) < 4.78 is 10.6. The predicted molar refractivity (Wildman–Crippen MR) is 51.3 cm³/mol. The van der Waals surface area contributed by atoms with Crippen molar-refractivity contribution < 1.29 is 9.47 Å². The van der Waals surface area contributed by atoms with Crippen LogP contribution in [0.25, 0.3) is 0 Å². The Morgan fingerprint density at radius 1 is 1.08 bits per heavy atom. The Balaban J connectivity index is 4.00. The van der Waals surface area contributed by atoms with Crippen LogP contribution >= 0.6 is 0 Å². The molecule has 0 bridgehead atoms. The van der Waals surface area contributed by atoms with Gasteiger partial charge < -0.3 is 9.47 Å². The van der Waals surface area contributed by atoms with Crippen LogP contribution in [0.15, 0.2) is 0 Å². The van der Waals surface area contributed by atoms with Crippen LogP contribution in [-0.4, -0.2) is 26.4 Å². The number of ether oxygens (including phenoxy) is 2. The van der Waals surface area contributed by atoms with Gasteiger partial charge in [0.05, 0.1) is 12.2 Å². The Bertz CT molecular complexity index is 115. The van der Waals surface area contributed by atoms with Crippen LogP contribution in [0.4, 0.5) is 0 Å². The van der Waals surface area contributed by atoms with E-state index in [1.54, 1.807) is 14.2 Å². The molecule has 0 N–H and O–H groups in total. The molecule has 0 aliphatic heterocycles. The fourth-order valence-corrected chi connectivity index (χ4v) is 1.20. The average Bonchev–Trinajstić information content (AvgIpc) is 1.97. The van der Waals surface area contributed by atoms with Crippen molar-refractivity contribution in [1.29, 1.82) is 0 Å². The third-order valence-electron chi connectivity index (χ3n) is 2.20. The van der Waals surface area contributed by atoms with Gasteiger partial charge in [0.15, 0.2) is 0 Å². The fourth-order valence-electron chi connectivity index (χ4n) is 1.20. The lowest BCUT2D eigenvalue weighted by atomic mass is 9.86. The topological polar surface area (TPSA) is 18.5 Å². The lowest BCUT2D eigenvalue weighted by Crippen LogP contribution is -2.31. The van der Waals surface area contributed by atoms with Gasteiger partial charge in [0.25, 0.3) is 0 Å². The van der Waals surface area contributed by atoms with Crippen molar-refractivity contribution in [2.45, 2.75) is 46.3 Å². The molecule has 0 spiro atoms. The molecule has 0 rings (SSSR count). The molecule has 2 heteroatoms. The summed E-state index contributed by atoms with van der Waals surface area (Å²) in [5, 5.41) is 0. The Morgan fingerprint density at radius 2 is 1.58 bits per heavy atom.